The summed E-state index contributed by atoms with van der Waals surface area (Å²) in [6.45, 7) is -0.779. The van der Waals surface area contributed by atoms with E-state index in [1.54, 1.807) is 12.2 Å². The third-order valence-corrected chi connectivity index (χ3v) is 8.83. The molecular formula is C24H27F2N9O9P2S2+2. The van der Waals surface area contributed by atoms with Crippen molar-refractivity contribution in [1.29, 1.82) is 0 Å². The first-order valence-corrected chi connectivity index (χ1v) is 18.7. The molecule has 18 nitrogen and oxygen atoms in total. The fourth-order valence-electron chi connectivity index (χ4n) is 5.31. The average molecular weight is 750 g/mol. The molecule has 2 aliphatic rings. The predicted octanol–water partition coefficient (Wildman–Crippen LogP) is 2.41. The summed E-state index contributed by atoms with van der Waals surface area (Å²) in [5.74, 6) is 0.471. The van der Waals surface area contributed by atoms with E-state index in [1.807, 2.05) is 0 Å². The van der Waals surface area contributed by atoms with Crippen LogP contribution in [0.25, 0.3) is 22.3 Å². The van der Waals surface area contributed by atoms with E-state index in [0.717, 1.165) is 0 Å². The van der Waals surface area contributed by atoms with Gasteiger partial charge < -0.3 is 29.7 Å². The SMILES string of the molecule is O=[P+](S)OC1[C@@H](F)[C@H](n2cnc3c(NC/C=C/COc4ncnc5c4ncn5[C@@H]4O[C@H](CO)[C@@H](O[P+](=O)S)[C@H]4F)ncnc32)O[C@@H]1CO. The molecule has 2 saturated heterocycles. The topological polar surface area (TPSA) is 220 Å². The molecule has 0 radical (unpaired) electrons. The van der Waals surface area contributed by atoms with Crippen molar-refractivity contribution in [2.24, 2.45) is 0 Å². The molecule has 2 aliphatic heterocycles. The van der Waals surface area contributed by atoms with Gasteiger partial charge in [-0.25, -0.2) is 33.7 Å². The minimum absolute atomic E-state index is 0.0711. The van der Waals surface area contributed by atoms with Crippen molar-refractivity contribution >= 4 is 67.1 Å². The van der Waals surface area contributed by atoms with Crippen molar-refractivity contribution in [3.05, 3.63) is 37.5 Å². The first-order chi connectivity index (χ1) is 23.2. The Labute approximate surface area is 281 Å². The van der Waals surface area contributed by atoms with Gasteiger partial charge in [0.25, 0.3) is 0 Å². The van der Waals surface area contributed by atoms with Gasteiger partial charge in [-0.1, -0.05) is 6.08 Å². The van der Waals surface area contributed by atoms with E-state index < -0.39 is 76.9 Å². The van der Waals surface area contributed by atoms with Gasteiger partial charge >= 0.3 is 14.5 Å². The Morgan fingerprint density at radius 1 is 0.833 bits per heavy atom. The fourth-order valence-corrected chi connectivity index (χ4v) is 6.89. The van der Waals surface area contributed by atoms with Gasteiger partial charge in [0.1, 0.15) is 56.0 Å². The number of aromatic nitrogens is 8. The van der Waals surface area contributed by atoms with Crippen molar-refractivity contribution in [1.82, 2.24) is 39.0 Å². The molecule has 256 valence electrons. The number of halogens is 2. The Hall–Kier alpha value is -3.04. The Morgan fingerprint density at radius 3 is 1.94 bits per heavy atom. The number of rotatable bonds is 14. The minimum Gasteiger partial charge on any atom is -0.472 e. The third-order valence-electron chi connectivity index (χ3n) is 7.42. The predicted molar refractivity (Wildman–Crippen MR) is 168 cm³/mol. The number of hydrogen-bond acceptors (Lipinski definition) is 16. The molecule has 0 amide bonds. The first kappa shape index (κ1) is 34.8. The minimum atomic E-state index is -2.44. The molecule has 10 atom stereocenters. The van der Waals surface area contributed by atoms with Gasteiger partial charge in [0, 0.05) is 6.54 Å². The molecule has 4 aromatic heterocycles. The number of thiol groups is 2. The highest BCUT2D eigenvalue weighted by atomic mass is 32.7. The van der Waals surface area contributed by atoms with Crippen LogP contribution in [0.2, 0.25) is 0 Å². The molecule has 0 aromatic carbocycles. The van der Waals surface area contributed by atoms with E-state index in [2.05, 4.69) is 59.7 Å². The van der Waals surface area contributed by atoms with Crippen LogP contribution in [0.15, 0.2) is 37.5 Å². The summed E-state index contributed by atoms with van der Waals surface area (Å²) in [7, 11) is -4.88. The highest BCUT2D eigenvalue weighted by Crippen LogP contribution is 2.42. The average Bonchev–Trinajstić information content (AvgIpc) is 3.83. The van der Waals surface area contributed by atoms with Gasteiger partial charge in [-0.05, 0) is 15.2 Å². The number of alkyl halides is 2. The fraction of sp³-hybridized carbons (Fsp3) is 0.500. The lowest BCUT2D eigenvalue weighted by Crippen LogP contribution is -2.31. The van der Waals surface area contributed by atoms with E-state index in [-0.39, 0.29) is 35.8 Å². The molecule has 0 spiro atoms. The quantitative estimate of drug-likeness (QED) is 0.0710. The molecule has 0 saturated carbocycles. The maximum atomic E-state index is 15.2. The third kappa shape index (κ3) is 7.00. The van der Waals surface area contributed by atoms with Gasteiger partial charge in [-0.15, -0.1) is 9.05 Å². The maximum absolute atomic E-state index is 15.2. The van der Waals surface area contributed by atoms with Crippen molar-refractivity contribution in [2.45, 2.75) is 49.2 Å². The zero-order valence-electron chi connectivity index (χ0n) is 24.3. The van der Waals surface area contributed by atoms with Crippen LogP contribution in [0.5, 0.6) is 5.88 Å². The van der Waals surface area contributed by atoms with E-state index in [9.17, 15) is 19.3 Å². The van der Waals surface area contributed by atoms with Gasteiger partial charge in [0.05, 0.1) is 25.9 Å². The number of fused-ring (bicyclic) bond motifs is 2. The number of nitrogens with zero attached hydrogens (tertiary/aromatic N) is 8. The van der Waals surface area contributed by atoms with Crippen LogP contribution in [0.1, 0.15) is 12.5 Å². The van der Waals surface area contributed by atoms with Crippen LogP contribution >= 0.6 is 39.0 Å². The standard InChI is InChI=1S/C24H25F2N9O9P2S2/c25-13-17(43-45(38)47)11(5-36)41-23(13)34-9-32-15-19(28-7-29-20(15)34)27-3-1-2-4-40-22-16-21(30-8-31-22)35(10-33-16)24-14(26)18(44-46(39)48)12(6-37)42-24/h1-2,7-14,17-18,23-24,36-37H,3-6H2,(H-2,27,28,29,38,39,47,48)/p+2/b2-1+/t11-,12-,13-,14-,17?,18-,23-,24-/m1/s1. The van der Waals surface area contributed by atoms with E-state index in [1.165, 1.54) is 34.4 Å². The summed E-state index contributed by atoms with van der Waals surface area (Å²) in [6, 6.07) is 0. The molecule has 6 heterocycles. The Kier molecular flexibility index (Phi) is 11.1. The van der Waals surface area contributed by atoms with Crippen molar-refractivity contribution in [3.63, 3.8) is 0 Å². The lowest BCUT2D eigenvalue weighted by Gasteiger charge is -2.15. The van der Waals surface area contributed by atoms with Crippen LogP contribution in [0.4, 0.5) is 14.6 Å². The van der Waals surface area contributed by atoms with Crippen LogP contribution in [0.3, 0.4) is 0 Å². The number of nitrogens with one attached hydrogen (secondary N) is 1. The van der Waals surface area contributed by atoms with Crippen LogP contribution in [0, 0.1) is 0 Å². The van der Waals surface area contributed by atoms with Crippen molar-refractivity contribution in [2.75, 3.05) is 31.7 Å². The second kappa shape index (κ2) is 15.2. The van der Waals surface area contributed by atoms with E-state index in [0.29, 0.717) is 11.3 Å². The number of anilines is 1. The van der Waals surface area contributed by atoms with E-state index >= 15 is 8.78 Å². The van der Waals surface area contributed by atoms with Gasteiger partial charge in [-0.3, -0.25) is 9.13 Å². The van der Waals surface area contributed by atoms with Crippen LogP contribution in [-0.2, 0) is 27.7 Å². The second-order valence-electron chi connectivity index (χ2n) is 10.2. The summed E-state index contributed by atoms with van der Waals surface area (Å²) in [4.78, 5) is 25.2. The number of imidazole rings is 2. The van der Waals surface area contributed by atoms with E-state index in [4.69, 9.17) is 23.3 Å². The number of ether oxygens (including phenoxy) is 3. The Bertz CT molecular complexity index is 1700. The highest BCUT2D eigenvalue weighted by molar-refractivity contribution is 8.39. The normalized spacial score (nSPS) is 28.1. The molecule has 6 rings (SSSR count). The second-order valence-corrected chi connectivity index (χ2v) is 13.5. The lowest BCUT2D eigenvalue weighted by atomic mass is 10.1. The summed E-state index contributed by atoms with van der Waals surface area (Å²) in [6.07, 6.45) is -2.36. The monoisotopic (exact) mass is 749 g/mol. The largest absolute Gasteiger partial charge is 0.582 e. The lowest BCUT2D eigenvalue weighted by molar-refractivity contribution is -0.0427. The summed E-state index contributed by atoms with van der Waals surface area (Å²) >= 11 is 7.33. The molecule has 4 aromatic rings. The molecular weight excluding hydrogens is 722 g/mol. The van der Waals surface area contributed by atoms with Gasteiger partial charge in [0.15, 0.2) is 65.2 Å². The summed E-state index contributed by atoms with van der Waals surface area (Å²) in [5.41, 5.74) is 1.01. The molecule has 24 heteroatoms. The summed E-state index contributed by atoms with van der Waals surface area (Å²) < 4.78 is 83.0. The maximum Gasteiger partial charge on any atom is 0.582 e. The Morgan fingerprint density at radius 2 is 1.38 bits per heavy atom. The summed E-state index contributed by atoms with van der Waals surface area (Å²) in [5, 5.41) is 22.3. The van der Waals surface area contributed by atoms with Crippen LogP contribution in [-0.4, -0.2) is 112 Å². The number of hydrogen-bond donors (Lipinski definition) is 5. The smallest absolute Gasteiger partial charge is 0.472 e. The Balaban J connectivity index is 1.07. The van der Waals surface area contributed by atoms with Gasteiger partial charge in [-0.2, -0.15) is 4.98 Å². The molecule has 3 unspecified atom stereocenters. The first-order valence-electron chi connectivity index (χ1n) is 14.0. The zero-order chi connectivity index (χ0) is 33.9. The molecule has 2 fully saturated rings. The van der Waals surface area contributed by atoms with Crippen molar-refractivity contribution in [3.8, 4) is 5.88 Å². The zero-order valence-corrected chi connectivity index (χ0v) is 27.9. The van der Waals surface area contributed by atoms with Crippen LogP contribution < -0.4 is 10.1 Å². The molecule has 0 bridgehead atoms. The number of aliphatic hydroxyl groups is 2. The van der Waals surface area contributed by atoms with Gasteiger partial charge in [0.2, 0.25) is 5.88 Å². The highest BCUT2D eigenvalue weighted by Gasteiger charge is 2.52. The van der Waals surface area contributed by atoms with Crippen molar-refractivity contribution < 1.29 is 51.4 Å². The molecule has 48 heavy (non-hydrogen) atoms. The number of aliphatic hydroxyl groups excluding tert-OH is 2. The molecule has 0 aliphatic carbocycles. The molecule has 3 N–H and O–H groups in total.